The maximum Gasteiger partial charge on any atom is 0.418 e. The van der Waals surface area contributed by atoms with Crippen LogP contribution in [0.1, 0.15) is 5.56 Å². The predicted octanol–water partition coefficient (Wildman–Crippen LogP) is 3.14. The van der Waals surface area contributed by atoms with Gasteiger partial charge in [-0.15, -0.1) is 0 Å². The van der Waals surface area contributed by atoms with Gasteiger partial charge in [-0.25, -0.2) is 4.98 Å². The Balaban J connectivity index is 2.87. The zero-order valence-electron chi connectivity index (χ0n) is 7.88. The molecule has 0 saturated heterocycles. The highest BCUT2D eigenvalue weighted by atomic mass is 35.5. The molecule has 0 aromatic carbocycles. The summed E-state index contributed by atoms with van der Waals surface area (Å²) in [5.41, 5.74) is -2.13. The lowest BCUT2D eigenvalue weighted by molar-refractivity contribution is -0.383. The molecule has 17 heavy (non-hydrogen) atoms. The number of nitro groups is 1. The molecule has 0 unspecified atom stereocenters. The van der Waals surface area contributed by atoms with Gasteiger partial charge in [0, 0.05) is 6.20 Å². The van der Waals surface area contributed by atoms with Gasteiger partial charge in [-0.2, -0.15) is 13.2 Å². The Morgan fingerprint density at radius 3 is 2.65 bits per heavy atom. The molecule has 2 rings (SSSR count). The van der Waals surface area contributed by atoms with E-state index in [0.29, 0.717) is 6.20 Å². The Morgan fingerprint density at radius 2 is 2.12 bits per heavy atom. The van der Waals surface area contributed by atoms with Crippen molar-refractivity contribution in [3.8, 4) is 0 Å². The van der Waals surface area contributed by atoms with Crippen LogP contribution in [0.2, 0.25) is 5.15 Å². The van der Waals surface area contributed by atoms with Crippen LogP contribution in [0, 0.1) is 10.1 Å². The summed E-state index contributed by atoms with van der Waals surface area (Å²) in [6.45, 7) is 0. The largest absolute Gasteiger partial charge is 0.418 e. The second-order valence-corrected chi connectivity index (χ2v) is 3.53. The lowest BCUT2D eigenvalue weighted by Gasteiger charge is -2.04. The Kier molecular flexibility index (Phi) is 2.46. The van der Waals surface area contributed by atoms with Crippen molar-refractivity contribution >= 4 is 28.3 Å². The monoisotopic (exact) mass is 265 g/mol. The Bertz CT molecular complexity index is 608. The highest BCUT2D eigenvalue weighted by molar-refractivity contribution is 6.30. The number of hydrogen-bond donors (Lipinski definition) is 1. The fraction of sp³-hybridized carbons (Fsp3) is 0.125. The molecule has 1 N–H and O–H groups in total. The SMILES string of the molecule is O=[N+]([O-])c1cc(Cl)nc2[nH]cc(C(F)(F)F)c12. The fourth-order valence-corrected chi connectivity index (χ4v) is 1.64. The molecule has 0 aliphatic heterocycles. The van der Waals surface area contributed by atoms with Crippen LogP contribution < -0.4 is 0 Å². The van der Waals surface area contributed by atoms with Crippen molar-refractivity contribution in [1.29, 1.82) is 0 Å². The molecule has 0 radical (unpaired) electrons. The van der Waals surface area contributed by atoms with Crippen molar-refractivity contribution in [1.82, 2.24) is 9.97 Å². The van der Waals surface area contributed by atoms with Gasteiger partial charge < -0.3 is 4.98 Å². The van der Waals surface area contributed by atoms with Crippen LogP contribution in [0.25, 0.3) is 11.0 Å². The number of aromatic amines is 1. The van der Waals surface area contributed by atoms with Crippen LogP contribution in [-0.4, -0.2) is 14.9 Å². The summed E-state index contributed by atoms with van der Waals surface area (Å²) in [5.74, 6) is 0. The quantitative estimate of drug-likeness (QED) is 0.489. The smallest absolute Gasteiger partial charge is 0.345 e. The first-order valence-corrected chi connectivity index (χ1v) is 4.57. The van der Waals surface area contributed by atoms with Gasteiger partial charge in [0.15, 0.2) is 0 Å². The zero-order chi connectivity index (χ0) is 12.8. The van der Waals surface area contributed by atoms with Gasteiger partial charge in [0.05, 0.1) is 16.6 Å². The van der Waals surface area contributed by atoms with E-state index in [2.05, 4.69) is 9.97 Å². The lowest BCUT2D eigenvalue weighted by atomic mass is 10.2. The van der Waals surface area contributed by atoms with E-state index in [4.69, 9.17) is 11.6 Å². The molecule has 0 bridgehead atoms. The minimum Gasteiger partial charge on any atom is -0.345 e. The number of halogens is 4. The van der Waals surface area contributed by atoms with Gasteiger partial charge in [-0.1, -0.05) is 11.6 Å². The molecule has 5 nitrogen and oxygen atoms in total. The van der Waals surface area contributed by atoms with Crippen molar-refractivity contribution in [2.45, 2.75) is 6.18 Å². The summed E-state index contributed by atoms with van der Waals surface area (Å²) in [4.78, 5) is 15.5. The molecule has 90 valence electrons. The Morgan fingerprint density at radius 1 is 1.47 bits per heavy atom. The van der Waals surface area contributed by atoms with Crippen molar-refractivity contribution in [2.75, 3.05) is 0 Å². The first-order chi connectivity index (χ1) is 7.80. The van der Waals surface area contributed by atoms with Crippen LogP contribution in [0.15, 0.2) is 12.3 Å². The number of nitrogens with zero attached hydrogens (tertiary/aromatic N) is 2. The van der Waals surface area contributed by atoms with Crippen LogP contribution in [0.3, 0.4) is 0 Å². The van der Waals surface area contributed by atoms with Gasteiger partial charge in [-0.3, -0.25) is 10.1 Å². The van der Waals surface area contributed by atoms with Crippen molar-refractivity contribution < 1.29 is 18.1 Å². The number of H-pyrrole nitrogens is 1. The minimum absolute atomic E-state index is 0.250. The van der Waals surface area contributed by atoms with Gasteiger partial charge in [0.1, 0.15) is 16.2 Å². The number of nitrogens with one attached hydrogen (secondary N) is 1. The molecule has 2 heterocycles. The second kappa shape index (κ2) is 3.59. The molecule has 0 atom stereocenters. The average Bonchev–Trinajstić information content (AvgIpc) is 2.58. The highest BCUT2D eigenvalue weighted by Crippen LogP contribution is 2.39. The standard InChI is InChI=1S/C8H3ClF3N3O2/c9-5-1-4(15(16)17)6-3(8(10,11)12)2-13-7(6)14-5/h1-2H,(H,13,14). The molecular weight excluding hydrogens is 263 g/mol. The van der Waals surface area contributed by atoms with Gasteiger partial charge in [-0.05, 0) is 0 Å². The maximum absolute atomic E-state index is 12.6. The average molecular weight is 266 g/mol. The van der Waals surface area contributed by atoms with Gasteiger partial charge >= 0.3 is 6.18 Å². The lowest BCUT2D eigenvalue weighted by Crippen LogP contribution is -2.04. The van der Waals surface area contributed by atoms with E-state index in [0.717, 1.165) is 6.07 Å². The Labute approximate surface area is 96.4 Å². The number of pyridine rings is 1. The maximum atomic E-state index is 12.6. The van der Waals surface area contributed by atoms with Gasteiger partial charge in [0.25, 0.3) is 5.69 Å². The van der Waals surface area contributed by atoms with Crippen molar-refractivity contribution in [2.24, 2.45) is 0 Å². The minimum atomic E-state index is -4.70. The van der Waals surface area contributed by atoms with Crippen LogP contribution in [0.4, 0.5) is 18.9 Å². The van der Waals surface area contributed by atoms with Crippen LogP contribution in [0.5, 0.6) is 0 Å². The van der Waals surface area contributed by atoms with Crippen molar-refractivity contribution in [3.05, 3.63) is 33.1 Å². The normalized spacial score (nSPS) is 12.0. The molecule has 9 heteroatoms. The molecule has 2 aromatic rings. The van der Waals surface area contributed by atoms with E-state index < -0.39 is 27.7 Å². The zero-order valence-corrected chi connectivity index (χ0v) is 8.63. The first-order valence-electron chi connectivity index (χ1n) is 4.20. The number of alkyl halides is 3. The van der Waals surface area contributed by atoms with E-state index in [9.17, 15) is 23.3 Å². The Hall–Kier alpha value is -1.83. The van der Waals surface area contributed by atoms with Crippen molar-refractivity contribution in [3.63, 3.8) is 0 Å². The molecule has 0 saturated carbocycles. The molecular formula is C8H3ClF3N3O2. The topological polar surface area (TPSA) is 71.8 Å². The number of fused-ring (bicyclic) bond motifs is 1. The van der Waals surface area contributed by atoms with E-state index in [1.807, 2.05) is 0 Å². The summed E-state index contributed by atoms with van der Waals surface area (Å²) in [5, 5.41) is 9.84. The van der Waals surface area contributed by atoms with Crippen LogP contribution in [-0.2, 0) is 6.18 Å². The second-order valence-electron chi connectivity index (χ2n) is 3.14. The molecule has 0 fully saturated rings. The predicted molar refractivity (Wildman–Crippen MR) is 52.8 cm³/mol. The fourth-order valence-electron chi connectivity index (χ4n) is 1.45. The number of hydrogen-bond acceptors (Lipinski definition) is 3. The number of aromatic nitrogens is 2. The van der Waals surface area contributed by atoms with E-state index in [1.54, 1.807) is 0 Å². The van der Waals surface area contributed by atoms with Gasteiger partial charge in [0.2, 0.25) is 0 Å². The summed E-state index contributed by atoms with van der Waals surface area (Å²) in [6.07, 6.45) is -4.07. The molecule has 0 aliphatic carbocycles. The number of rotatable bonds is 1. The summed E-state index contributed by atoms with van der Waals surface area (Å²) >= 11 is 5.47. The highest BCUT2D eigenvalue weighted by Gasteiger charge is 2.37. The van der Waals surface area contributed by atoms with E-state index >= 15 is 0 Å². The summed E-state index contributed by atoms with van der Waals surface area (Å²) in [7, 11) is 0. The summed E-state index contributed by atoms with van der Waals surface area (Å²) in [6, 6.07) is 0.785. The third kappa shape index (κ3) is 1.91. The third-order valence-electron chi connectivity index (χ3n) is 2.09. The summed E-state index contributed by atoms with van der Waals surface area (Å²) < 4.78 is 37.8. The van der Waals surface area contributed by atoms with E-state index in [-0.39, 0.29) is 10.8 Å². The molecule has 0 amide bonds. The van der Waals surface area contributed by atoms with E-state index in [1.165, 1.54) is 0 Å². The first kappa shape index (κ1) is 11.6. The molecule has 0 aliphatic rings. The molecule has 0 spiro atoms. The molecule has 2 aromatic heterocycles. The van der Waals surface area contributed by atoms with Crippen LogP contribution >= 0.6 is 11.6 Å². The third-order valence-corrected chi connectivity index (χ3v) is 2.29.